The average molecular weight is 430 g/mol. The molecule has 1 fully saturated rings. The fourth-order valence-electron chi connectivity index (χ4n) is 3.82. The lowest BCUT2D eigenvalue weighted by atomic mass is 10.0. The monoisotopic (exact) mass is 430 g/mol. The summed E-state index contributed by atoms with van der Waals surface area (Å²) in [4.78, 5) is 23.6. The summed E-state index contributed by atoms with van der Waals surface area (Å²) in [7, 11) is 1.82. The summed E-state index contributed by atoms with van der Waals surface area (Å²) in [6.07, 6.45) is 5.31. The number of nitrogens with one attached hydrogen (secondary N) is 1. The number of primary amides is 1. The van der Waals surface area contributed by atoms with Crippen molar-refractivity contribution in [2.24, 2.45) is 12.8 Å². The molecule has 4 aromatic rings. The maximum absolute atomic E-state index is 12.3. The second-order valence-electron chi connectivity index (χ2n) is 7.49. The molecule has 5 rings (SSSR count). The molecule has 1 aliphatic heterocycles. The molecule has 1 saturated heterocycles. The van der Waals surface area contributed by atoms with Gasteiger partial charge in [-0.25, -0.2) is 4.98 Å². The summed E-state index contributed by atoms with van der Waals surface area (Å²) >= 11 is 0. The second-order valence-corrected chi connectivity index (χ2v) is 7.49. The number of pyridine rings is 2. The Kier molecular flexibility index (Phi) is 5.12. The Bertz CT molecular complexity index is 1240. The molecule has 0 spiro atoms. The van der Waals surface area contributed by atoms with Crippen LogP contribution in [0.15, 0.2) is 48.9 Å². The predicted molar refractivity (Wildman–Crippen MR) is 119 cm³/mol. The average Bonchev–Trinajstić information content (AvgIpc) is 3.49. The van der Waals surface area contributed by atoms with Crippen LogP contribution >= 0.6 is 0 Å². The Balaban J connectivity index is 1.54. The number of hydrogen-bond acceptors (Lipinski definition) is 7. The number of amides is 1. The first-order valence-electron chi connectivity index (χ1n) is 10.2. The smallest absolute Gasteiger partial charge is 0.267 e. The fourth-order valence-corrected chi connectivity index (χ4v) is 3.82. The van der Waals surface area contributed by atoms with Crippen molar-refractivity contribution in [1.29, 1.82) is 0 Å². The minimum absolute atomic E-state index is 0.163. The van der Waals surface area contributed by atoms with Crippen LogP contribution < -0.4 is 10.6 Å². The van der Waals surface area contributed by atoms with Crippen molar-refractivity contribution in [1.82, 2.24) is 29.9 Å². The first-order valence-corrected chi connectivity index (χ1v) is 10.2. The summed E-state index contributed by atoms with van der Waals surface area (Å²) in [5, 5.41) is 11.4. The van der Waals surface area contributed by atoms with E-state index in [1.165, 1.54) is 0 Å². The van der Waals surface area contributed by atoms with Gasteiger partial charge in [0.25, 0.3) is 5.91 Å². The second kappa shape index (κ2) is 8.23. The number of rotatable bonds is 5. The van der Waals surface area contributed by atoms with Crippen molar-refractivity contribution in [3.05, 3.63) is 54.6 Å². The zero-order chi connectivity index (χ0) is 22.1. The van der Waals surface area contributed by atoms with Crippen LogP contribution in [0, 0.1) is 0 Å². The van der Waals surface area contributed by atoms with Crippen LogP contribution in [0.2, 0.25) is 0 Å². The standard InChI is InChI=1S/C22H22N8O2/c1-29-13-16(15-3-5-17(18-6-7-25-27-18)26-21(15)22(23)31)20(28-29)19-4-2-14(12-24-19)30-8-10-32-11-9-30/h2-7,12-13H,8-11H2,1H3,(H2,23,31)(H,25,27). The lowest BCUT2D eigenvalue weighted by Crippen LogP contribution is -2.36. The van der Waals surface area contributed by atoms with Crippen LogP contribution in [-0.4, -0.2) is 62.2 Å². The van der Waals surface area contributed by atoms with Crippen molar-refractivity contribution in [2.75, 3.05) is 31.2 Å². The van der Waals surface area contributed by atoms with Gasteiger partial charge in [-0.1, -0.05) is 0 Å². The fraction of sp³-hybridized carbons (Fsp3) is 0.227. The Hall–Kier alpha value is -4.05. The number of ether oxygens (including phenoxy) is 1. The van der Waals surface area contributed by atoms with Gasteiger partial charge in [0.2, 0.25) is 0 Å². The van der Waals surface area contributed by atoms with Crippen LogP contribution in [0.25, 0.3) is 33.9 Å². The molecule has 0 radical (unpaired) electrons. The maximum Gasteiger partial charge on any atom is 0.267 e. The minimum Gasteiger partial charge on any atom is -0.378 e. The highest BCUT2D eigenvalue weighted by Gasteiger charge is 2.21. The van der Waals surface area contributed by atoms with Gasteiger partial charge in [0.1, 0.15) is 11.4 Å². The number of aromatic amines is 1. The van der Waals surface area contributed by atoms with E-state index >= 15 is 0 Å². The van der Waals surface area contributed by atoms with Crippen LogP contribution in [0.3, 0.4) is 0 Å². The molecule has 0 aromatic carbocycles. The number of aryl methyl sites for hydroxylation is 1. The Labute approximate surface area is 184 Å². The lowest BCUT2D eigenvalue weighted by Gasteiger charge is -2.28. The van der Waals surface area contributed by atoms with Gasteiger partial charge >= 0.3 is 0 Å². The molecule has 10 heteroatoms. The minimum atomic E-state index is -0.619. The van der Waals surface area contributed by atoms with Gasteiger partial charge in [0.05, 0.1) is 42.2 Å². The van der Waals surface area contributed by atoms with Gasteiger partial charge in [0, 0.05) is 43.7 Å². The molecule has 5 heterocycles. The topological polar surface area (TPSA) is 128 Å². The molecule has 10 nitrogen and oxygen atoms in total. The molecule has 0 saturated carbocycles. The summed E-state index contributed by atoms with van der Waals surface area (Å²) in [5.74, 6) is -0.619. The number of aromatic nitrogens is 6. The molecule has 4 aromatic heterocycles. The molecule has 0 aliphatic carbocycles. The third-order valence-electron chi connectivity index (χ3n) is 5.39. The van der Waals surface area contributed by atoms with Crippen molar-refractivity contribution in [2.45, 2.75) is 0 Å². The van der Waals surface area contributed by atoms with Gasteiger partial charge in [-0.3, -0.25) is 19.6 Å². The van der Waals surface area contributed by atoms with Gasteiger partial charge < -0.3 is 15.4 Å². The van der Waals surface area contributed by atoms with Crippen molar-refractivity contribution in [3.63, 3.8) is 0 Å². The van der Waals surface area contributed by atoms with Crippen molar-refractivity contribution >= 4 is 11.6 Å². The summed E-state index contributed by atoms with van der Waals surface area (Å²) in [6.45, 7) is 3.10. The normalized spacial score (nSPS) is 14.0. The van der Waals surface area contributed by atoms with Crippen LogP contribution in [0.1, 0.15) is 10.5 Å². The maximum atomic E-state index is 12.3. The Morgan fingerprint density at radius 2 is 1.91 bits per heavy atom. The number of nitrogens with two attached hydrogens (primary N) is 1. The first-order chi connectivity index (χ1) is 15.6. The molecule has 3 N–H and O–H groups in total. The Morgan fingerprint density at radius 1 is 1.09 bits per heavy atom. The van der Waals surface area contributed by atoms with E-state index in [-0.39, 0.29) is 5.69 Å². The molecule has 0 atom stereocenters. The number of H-pyrrole nitrogens is 1. The van der Waals surface area contributed by atoms with E-state index < -0.39 is 5.91 Å². The largest absolute Gasteiger partial charge is 0.378 e. The number of hydrogen-bond donors (Lipinski definition) is 2. The van der Waals surface area contributed by atoms with E-state index in [1.807, 2.05) is 43.7 Å². The SMILES string of the molecule is Cn1cc(-c2ccc(-c3ccn[nH]3)nc2C(N)=O)c(-c2ccc(N3CCOCC3)cn2)n1. The molecular weight excluding hydrogens is 408 g/mol. The molecule has 1 amide bonds. The van der Waals surface area contributed by atoms with E-state index in [0.29, 0.717) is 41.6 Å². The number of carbonyl (C=O) groups is 1. The van der Waals surface area contributed by atoms with Gasteiger partial charge in [-0.15, -0.1) is 0 Å². The van der Waals surface area contributed by atoms with E-state index in [9.17, 15) is 4.79 Å². The van der Waals surface area contributed by atoms with Crippen molar-refractivity contribution in [3.8, 4) is 33.9 Å². The quantitative estimate of drug-likeness (QED) is 0.495. The zero-order valence-corrected chi connectivity index (χ0v) is 17.5. The first kappa shape index (κ1) is 19.9. The van der Waals surface area contributed by atoms with Gasteiger partial charge in [0.15, 0.2) is 0 Å². The van der Waals surface area contributed by atoms with E-state index in [2.05, 4.69) is 30.2 Å². The lowest BCUT2D eigenvalue weighted by molar-refractivity contribution is 0.0996. The molecule has 162 valence electrons. The van der Waals surface area contributed by atoms with Crippen LogP contribution in [0.5, 0.6) is 0 Å². The number of morpholine rings is 1. The van der Waals surface area contributed by atoms with Gasteiger partial charge in [-0.05, 0) is 30.3 Å². The summed E-state index contributed by atoms with van der Waals surface area (Å²) in [6, 6.07) is 9.39. The molecule has 1 aliphatic rings. The summed E-state index contributed by atoms with van der Waals surface area (Å²) < 4.78 is 7.11. The zero-order valence-electron chi connectivity index (χ0n) is 17.5. The summed E-state index contributed by atoms with van der Waals surface area (Å²) in [5.41, 5.74) is 10.9. The Morgan fingerprint density at radius 3 is 2.59 bits per heavy atom. The molecule has 32 heavy (non-hydrogen) atoms. The number of carbonyl (C=O) groups excluding carboxylic acids is 1. The third kappa shape index (κ3) is 3.71. The van der Waals surface area contributed by atoms with Gasteiger partial charge in [-0.2, -0.15) is 10.2 Å². The predicted octanol–water partition coefficient (Wildman–Crippen LogP) is 1.87. The van der Waals surface area contributed by atoms with E-state index in [4.69, 9.17) is 10.5 Å². The van der Waals surface area contributed by atoms with Crippen LogP contribution in [-0.2, 0) is 11.8 Å². The van der Waals surface area contributed by atoms with E-state index in [0.717, 1.165) is 24.3 Å². The number of anilines is 1. The highest BCUT2D eigenvalue weighted by molar-refractivity contribution is 6.00. The highest BCUT2D eigenvalue weighted by Crippen LogP contribution is 2.33. The van der Waals surface area contributed by atoms with E-state index in [1.54, 1.807) is 16.9 Å². The van der Waals surface area contributed by atoms with Crippen molar-refractivity contribution < 1.29 is 9.53 Å². The van der Waals surface area contributed by atoms with Crippen LogP contribution in [0.4, 0.5) is 5.69 Å². The third-order valence-corrected chi connectivity index (χ3v) is 5.39. The highest BCUT2D eigenvalue weighted by atomic mass is 16.5. The molecular formula is C22H22N8O2. The number of nitrogens with zero attached hydrogens (tertiary/aromatic N) is 6. The molecule has 0 unspecified atom stereocenters. The molecule has 0 bridgehead atoms.